The zero-order valence-electron chi connectivity index (χ0n) is 22.1. The summed E-state index contributed by atoms with van der Waals surface area (Å²) < 4.78 is 14.2. The number of hydrogen-bond donors (Lipinski definition) is 7. The molecule has 0 unspecified atom stereocenters. The maximum atomic E-state index is 14.2. The Hall–Kier alpha value is -4.07. The van der Waals surface area contributed by atoms with E-state index in [1.54, 1.807) is 24.3 Å². The average Bonchev–Trinajstić information content (AvgIpc) is 2.84. The lowest BCUT2D eigenvalue weighted by atomic mass is 9.91. The summed E-state index contributed by atoms with van der Waals surface area (Å²) in [6.45, 7) is 1.23. The first-order valence-corrected chi connectivity index (χ1v) is 12.3. The number of aliphatic hydroxyl groups is 1. The van der Waals surface area contributed by atoms with Crippen LogP contribution in [-0.4, -0.2) is 80.0 Å². The largest absolute Gasteiger partial charge is 0.508 e. The molecule has 0 spiro atoms. The van der Waals surface area contributed by atoms with E-state index < -0.39 is 42.4 Å². The Bertz CT molecular complexity index is 1210. The number of piperidine rings is 1. The van der Waals surface area contributed by atoms with Crippen molar-refractivity contribution in [2.45, 2.75) is 56.5 Å². The standard InChI is InChI=1S/C21H26FN3O2.C6H8O7/c1-25(2)13-15-11-14(7-9-19(15)26)12-23-18-8-10-20(27)24-21(18)16-5-3-4-6-17(16)22;7-3(8)1-6(13,5(11)12)2-4(9)10/h3-7,9,11,18,21,23,26H,8,10,12-13H2,1-2H3,(H,24,27);13H,1-2H2,(H,7,8)(H,9,10)(H,11,12)/t18-,21+;/m1./s1. The maximum Gasteiger partial charge on any atom is 0.336 e. The minimum absolute atomic E-state index is 0.0563. The lowest BCUT2D eigenvalue weighted by molar-refractivity contribution is -0.170. The molecule has 2 atom stereocenters. The van der Waals surface area contributed by atoms with E-state index in [1.165, 1.54) is 6.07 Å². The van der Waals surface area contributed by atoms with E-state index in [0.717, 1.165) is 11.1 Å². The van der Waals surface area contributed by atoms with Gasteiger partial charge in [-0.05, 0) is 44.3 Å². The molecule has 0 saturated carbocycles. The number of aliphatic carboxylic acids is 3. The predicted octanol–water partition coefficient (Wildman–Crippen LogP) is 1.45. The van der Waals surface area contributed by atoms with Gasteiger partial charge in [0, 0.05) is 36.7 Å². The van der Waals surface area contributed by atoms with Crippen LogP contribution in [0.4, 0.5) is 4.39 Å². The van der Waals surface area contributed by atoms with Crippen LogP contribution in [0.2, 0.25) is 0 Å². The monoisotopic (exact) mass is 563 g/mol. The van der Waals surface area contributed by atoms with Crippen LogP contribution in [0.3, 0.4) is 0 Å². The van der Waals surface area contributed by atoms with Gasteiger partial charge in [-0.2, -0.15) is 0 Å². The highest BCUT2D eigenvalue weighted by molar-refractivity contribution is 5.88. The second-order valence-electron chi connectivity index (χ2n) is 9.77. The van der Waals surface area contributed by atoms with Crippen molar-refractivity contribution < 1.29 is 49.1 Å². The van der Waals surface area contributed by atoms with Crippen LogP contribution < -0.4 is 10.6 Å². The van der Waals surface area contributed by atoms with Gasteiger partial charge >= 0.3 is 17.9 Å². The molecule has 218 valence electrons. The molecule has 1 fully saturated rings. The summed E-state index contributed by atoms with van der Waals surface area (Å²) in [7, 11) is 3.90. The Labute approximate surface area is 230 Å². The third-order valence-electron chi connectivity index (χ3n) is 6.13. The maximum absolute atomic E-state index is 14.2. The van der Waals surface area contributed by atoms with E-state index in [2.05, 4.69) is 10.6 Å². The van der Waals surface area contributed by atoms with E-state index in [1.807, 2.05) is 31.1 Å². The average molecular weight is 564 g/mol. The third kappa shape index (κ3) is 9.59. The van der Waals surface area contributed by atoms with E-state index >= 15 is 0 Å². The van der Waals surface area contributed by atoms with Gasteiger partial charge in [0.25, 0.3) is 0 Å². The zero-order valence-corrected chi connectivity index (χ0v) is 22.1. The second kappa shape index (κ2) is 14.4. The molecule has 0 aromatic heterocycles. The van der Waals surface area contributed by atoms with Crippen molar-refractivity contribution in [1.29, 1.82) is 0 Å². The van der Waals surface area contributed by atoms with Gasteiger partial charge in [-0.15, -0.1) is 0 Å². The first kappa shape index (κ1) is 32.1. The van der Waals surface area contributed by atoms with Crippen molar-refractivity contribution in [3.63, 3.8) is 0 Å². The van der Waals surface area contributed by atoms with Crippen LogP contribution in [-0.2, 0) is 32.3 Å². The number of carboxylic acids is 3. The minimum Gasteiger partial charge on any atom is -0.508 e. The number of phenolic OH excluding ortho intramolecular Hbond substituents is 1. The van der Waals surface area contributed by atoms with Crippen molar-refractivity contribution in [3.05, 3.63) is 65.0 Å². The normalized spacial score (nSPS) is 17.0. The van der Waals surface area contributed by atoms with Crippen molar-refractivity contribution >= 4 is 23.8 Å². The third-order valence-corrected chi connectivity index (χ3v) is 6.13. The highest BCUT2D eigenvalue weighted by Crippen LogP contribution is 2.27. The molecule has 0 radical (unpaired) electrons. The Morgan fingerprint density at radius 3 is 2.25 bits per heavy atom. The van der Waals surface area contributed by atoms with Crippen molar-refractivity contribution in [2.24, 2.45) is 0 Å². The quantitative estimate of drug-likeness (QED) is 0.209. The fourth-order valence-electron chi connectivity index (χ4n) is 4.22. The Morgan fingerprint density at radius 1 is 1.07 bits per heavy atom. The van der Waals surface area contributed by atoms with E-state index in [0.29, 0.717) is 31.5 Å². The number of aromatic hydroxyl groups is 1. The molecule has 2 aromatic carbocycles. The van der Waals surface area contributed by atoms with Crippen LogP contribution in [0.1, 0.15) is 48.4 Å². The van der Waals surface area contributed by atoms with E-state index in [-0.39, 0.29) is 23.5 Å². The Morgan fingerprint density at radius 2 is 1.70 bits per heavy atom. The fourth-order valence-corrected chi connectivity index (χ4v) is 4.22. The number of nitrogens with zero attached hydrogens (tertiary/aromatic N) is 1. The Kier molecular flexibility index (Phi) is 11.5. The highest BCUT2D eigenvalue weighted by Gasteiger charge is 2.40. The summed E-state index contributed by atoms with van der Waals surface area (Å²) in [5, 5.41) is 50.2. The fraction of sp³-hybridized carbons (Fsp3) is 0.407. The van der Waals surface area contributed by atoms with Gasteiger partial charge in [0.05, 0.1) is 18.9 Å². The molecule has 13 heteroatoms. The van der Waals surface area contributed by atoms with Crippen LogP contribution >= 0.6 is 0 Å². The molecule has 2 aromatic rings. The van der Waals surface area contributed by atoms with Crippen molar-refractivity contribution in [3.8, 4) is 5.75 Å². The van der Waals surface area contributed by atoms with Crippen LogP contribution in [0.15, 0.2) is 42.5 Å². The minimum atomic E-state index is -2.74. The lowest BCUT2D eigenvalue weighted by Gasteiger charge is -2.33. The van der Waals surface area contributed by atoms with Crippen LogP contribution in [0.5, 0.6) is 5.75 Å². The SMILES string of the molecule is CN(C)Cc1cc(CN[C@@H]2CCC(=O)N[C@H]2c2ccccc2F)ccc1O.O=C(O)CC(O)(CC(=O)O)C(=O)O. The summed E-state index contributed by atoms with van der Waals surface area (Å²) in [5.41, 5.74) is -0.338. The second-order valence-corrected chi connectivity index (χ2v) is 9.77. The molecule has 0 bridgehead atoms. The highest BCUT2D eigenvalue weighted by atomic mass is 19.1. The molecular formula is C27H34FN3O9. The first-order valence-electron chi connectivity index (χ1n) is 12.3. The molecule has 1 amide bonds. The smallest absolute Gasteiger partial charge is 0.336 e. The number of nitrogens with one attached hydrogen (secondary N) is 2. The van der Waals surface area contributed by atoms with Crippen molar-refractivity contribution in [2.75, 3.05) is 14.1 Å². The van der Waals surface area contributed by atoms with Gasteiger partial charge in [0.2, 0.25) is 5.91 Å². The number of phenols is 1. The number of benzene rings is 2. The molecule has 0 aliphatic carbocycles. The summed E-state index contributed by atoms with van der Waals surface area (Å²) in [6.07, 6.45) is -1.22. The molecule has 12 nitrogen and oxygen atoms in total. The van der Waals surface area contributed by atoms with Gasteiger partial charge in [-0.1, -0.05) is 24.3 Å². The van der Waals surface area contributed by atoms with E-state index in [4.69, 9.17) is 20.4 Å². The summed E-state index contributed by atoms with van der Waals surface area (Å²) in [5.74, 6) is -5.11. The number of carbonyl (C=O) groups is 4. The summed E-state index contributed by atoms with van der Waals surface area (Å²) in [6, 6.07) is 11.7. The van der Waals surface area contributed by atoms with Crippen LogP contribution in [0, 0.1) is 5.82 Å². The topological polar surface area (TPSA) is 197 Å². The number of carboxylic acid groups (broad SMARTS) is 3. The lowest BCUT2D eigenvalue weighted by Crippen LogP contribution is -2.48. The number of rotatable bonds is 11. The van der Waals surface area contributed by atoms with Gasteiger partial charge in [-0.3, -0.25) is 14.4 Å². The number of hydrogen-bond acceptors (Lipinski definition) is 8. The van der Waals surface area contributed by atoms with Gasteiger partial charge in [0.15, 0.2) is 5.60 Å². The first-order chi connectivity index (χ1) is 18.7. The Balaban J connectivity index is 0.000000366. The number of carbonyl (C=O) groups excluding carboxylic acids is 1. The van der Waals surface area contributed by atoms with Gasteiger partial charge < -0.3 is 41.1 Å². The molecule has 7 N–H and O–H groups in total. The molecule has 1 aliphatic rings. The summed E-state index contributed by atoms with van der Waals surface area (Å²) in [4.78, 5) is 44.4. The zero-order chi connectivity index (χ0) is 30.0. The van der Waals surface area contributed by atoms with Crippen molar-refractivity contribution in [1.82, 2.24) is 15.5 Å². The number of halogens is 1. The molecule has 1 aliphatic heterocycles. The predicted molar refractivity (Wildman–Crippen MR) is 140 cm³/mol. The summed E-state index contributed by atoms with van der Waals surface area (Å²) >= 11 is 0. The molecule has 3 rings (SSSR count). The van der Waals surface area contributed by atoms with Gasteiger partial charge in [-0.25, -0.2) is 9.18 Å². The number of amides is 1. The molecular weight excluding hydrogens is 529 g/mol. The molecule has 1 heterocycles. The molecule has 1 saturated heterocycles. The van der Waals surface area contributed by atoms with Crippen LogP contribution in [0.25, 0.3) is 0 Å². The van der Waals surface area contributed by atoms with Gasteiger partial charge in [0.1, 0.15) is 11.6 Å². The van der Waals surface area contributed by atoms with E-state index in [9.17, 15) is 28.7 Å². The molecule has 40 heavy (non-hydrogen) atoms.